The molecule has 0 aromatic heterocycles. The molecule has 0 aliphatic carbocycles. The highest BCUT2D eigenvalue weighted by Crippen LogP contribution is 2.37. The molecule has 1 heterocycles. The molecule has 4 nitrogen and oxygen atoms in total. The van der Waals surface area contributed by atoms with Crippen LogP contribution < -0.4 is 5.11 Å². The van der Waals surface area contributed by atoms with Gasteiger partial charge in [0.1, 0.15) is 10.4 Å². The highest BCUT2D eigenvalue weighted by molar-refractivity contribution is 8.26. The van der Waals surface area contributed by atoms with Crippen molar-refractivity contribution in [1.29, 1.82) is 0 Å². The van der Waals surface area contributed by atoms with E-state index in [9.17, 15) is 14.7 Å². The van der Waals surface area contributed by atoms with Gasteiger partial charge in [-0.3, -0.25) is 9.69 Å². The van der Waals surface area contributed by atoms with Crippen LogP contribution in [0.2, 0.25) is 0 Å². The molecule has 0 N–H and O–H groups in total. The molecule has 2 aromatic rings. The first-order chi connectivity index (χ1) is 12.6. The Labute approximate surface area is 160 Å². The lowest BCUT2D eigenvalue weighted by atomic mass is 10.1. The Morgan fingerprint density at radius 2 is 1.69 bits per heavy atom. The molecule has 6 heteroatoms. The molecule has 0 bridgehead atoms. The highest BCUT2D eigenvalue weighted by atomic mass is 32.2. The first-order valence-corrected chi connectivity index (χ1v) is 9.05. The monoisotopic (exact) mass is 380 g/mol. The number of benzene rings is 2. The van der Waals surface area contributed by atoms with E-state index >= 15 is 0 Å². The van der Waals surface area contributed by atoms with Crippen LogP contribution in [-0.4, -0.2) is 21.1 Å². The minimum atomic E-state index is -1.37. The number of carboxylic acids is 1. The van der Waals surface area contributed by atoms with Gasteiger partial charge in [0.25, 0.3) is 5.91 Å². The number of carbonyl (C=O) groups is 2. The van der Waals surface area contributed by atoms with Crippen molar-refractivity contribution in [3.63, 3.8) is 0 Å². The third kappa shape index (κ3) is 3.92. The molecule has 3 rings (SSSR count). The van der Waals surface area contributed by atoms with E-state index in [4.69, 9.17) is 12.2 Å². The lowest BCUT2D eigenvalue weighted by Gasteiger charge is -2.27. The lowest BCUT2D eigenvalue weighted by molar-refractivity contribution is -0.310. The smallest absolute Gasteiger partial charge is 0.267 e. The lowest BCUT2D eigenvalue weighted by Crippen LogP contribution is -2.43. The largest absolute Gasteiger partial charge is 0.547 e. The number of carboxylic acid groups (broad SMARTS) is 1. The quantitative estimate of drug-likeness (QED) is 0.590. The van der Waals surface area contributed by atoms with Gasteiger partial charge in [-0.25, -0.2) is 0 Å². The van der Waals surface area contributed by atoms with Crippen molar-refractivity contribution in [2.24, 2.45) is 0 Å². The van der Waals surface area contributed by atoms with Crippen LogP contribution in [0.5, 0.6) is 0 Å². The van der Waals surface area contributed by atoms with Crippen molar-refractivity contribution in [2.75, 3.05) is 0 Å². The average Bonchev–Trinajstić information content (AvgIpc) is 2.91. The Morgan fingerprint density at radius 3 is 2.31 bits per heavy atom. The second-order valence-corrected chi connectivity index (χ2v) is 7.15. The number of rotatable bonds is 5. The van der Waals surface area contributed by atoms with Gasteiger partial charge in [0.2, 0.25) is 0 Å². The molecule has 1 amide bonds. The van der Waals surface area contributed by atoms with Gasteiger partial charge in [0.15, 0.2) is 0 Å². The summed E-state index contributed by atoms with van der Waals surface area (Å²) in [6.07, 6.45) is 5.25. The first kappa shape index (κ1) is 18.1. The van der Waals surface area contributed by atoms with Gasteiger partial charge >= 0.3 is 0 Å². The molecular formula is C20H14NO3S2-. The molecule has 26 heavy (non-hydrogen) atoms. The molecule has 1 aliphatic heterocycles. The van der Waals surface area contributed by atoms with Crippen LogP contribution in [0, 0.1) is 0 Å². The van der Waals surface area contributed by atoms with Crippen molar-refractivity contribution in [1.82, 2.24) is 4.90 Å². The zero-order chi connectivity index (χ0) is 18.5. The third-order valence-electron chi connectivity index (χ3n) is 3.76. The number of aliphatic carboxylic acids is 1. The SMILES string of the molecule is O=C([O-])[C@H](c1ccccc1)N1C(=O)C(=CC=Cc2ccccc2)SC1=S. The van der Waals surface area contributed by atoms with Gasteiger partial charge in [-0.15, -0.1) is 0 Å². The van der Waals surface area contributed by atoms with Crippen molar-refractivity contribution in [2.45, 2.75) is 6.04 Å². The third-order valence-corrected chi connectivity index (χ3v) is 5.10. The molecule has 1 aliphatic rings. The molecule has 0 saturated carbocycles. The second kappa shape index (κ2) is 8.12. The fourth-order valence-electron chi connectivity index (χ4n) is 2.55. The molecule has 0 unspecified atom stereocenters. The van der Waals surface area contributed by atoms with E-state index in [1.165, 1.54) is 0 Å². The maximum Gasteiger partial charge on any atom is 0.267 e. The Balaban J connectivity index is 1.85. The van der Waals surface area contributed by atoms with E-state index in [-0.39, 0.29) is 4.32 Å². The molecule has 2 aromatic carbocycles. The Kier molecular flexibility index (Phi) is 5.65. The van der Waals surface area contributed by atoms with Crippen LogP contribution in [0.25, 0.3) is 6.08 Å². The number of amides is 1. The van der Waals surface area contributed by atoms with E-state index in [0.717, 1.165) is 22.2 Å². The Morgan fingerprint density at radius 1 is 1.08 bits per heavy atom. The van der Waals surface area contributed by atoms with Gasteiger partial charge in [-0.1, -0.05) is 96.8 Å². The number of allylic oxidation sites excluding steroid dienone is 2. The summed E-state index contributed by atoms with van der Waals surface area (Å²) >= 11 is 6.33. The van der Waals surface area contributed by atoms with Crippen LogP contribution in [0.1, 0.15) is 17.2 Å². The summed E-state index contributed by atoms with van der Waals surface area (Å²) in [6.45, 7) is 0. The van der Waals surface area contributed by atoms with Crippen LogP contribution in [0.3, 0.4) is 0 Å². The second-order valence-electron chi connectivity index (χ2n) is 5.48. The van der Waals surface area contributed by atoms with Crippen molar-refractivity contribution in [3.05, 3.63) is 88.8 Å². The molecular weight excluding hydrogens is 366 g/mol. The summed E-state index contributed by atoms with van der Waals surface area (Å²) in [5.41, 5.74) is 1.45. The highest BCUT2D eigenvalue weighted by Gasteiger charge is 2.38. The topological polar surface area (TPSA) is 60.4 Å². The van der Waals surface area contributed by atoms with E-state index in [1.807, 2.05) is 36.4 Å². The first-order valence-electron chi connectivity index (χ1n) is 7.82. The van der Waals surface area contributed by atoms with Crippen molar-refractivity contribution < 1.29 is 14.7 Å². The van der Waals surface area contributed by atoms with Crippen LogP contribution in [-0.2, 0) is 9.59 Å². The van der Waals surface area contributed by atoms with Gasteiger partial charge in [0, 0.05) is 0 Å². The van der Waals surface area contributed by atoms with Crippen molar-refractivity contribution in [3.8, 4) is 0 Å². The number of carbonyl (C=O) groups excluding carboxylic acids is 2. The molecule has 0 spiro atoms. The zero-order valence-electron chi connectivity index (χ0n) is 13.6. The summed E-state index contributed by atoms with van der Waals surface area (Å²) in [4.78, 5) is 25.9. The number of thioether (sulfide) groups is 1. The fourth-order valence-corrected chi connectivity index (χ4v) is 3.82. The maximum absolute atomic E-state index is 12.7. The van der Waals surface area contributed by atoms with Crippen LogP contribution in [0.4, 0.5) is 0 Å². The summed E-state index contributed by atoms with van der Waals surface area (Å²) in [6, 6.07) is 16.9. The fraction of sp³-hybridized carbons (Fsp3) is 0.0500. The predicted molar refractivity (Wildman–Crippen MR) is 105 cm³/mol. The normalized spacial score (nSPS) is 17.2. The van der Waals surface area contributed by atoms with Gasteiger partial charge in [-0.05, 0) is 17.2 Å². The maximum atomic E-state index is 12.7. The minimum absolute atomic E-state index is 0.201. The molecule has 0 radical (unpaired) electrons. The van der Waals surface area contributed by atoms with Gasteiger partial charge < -0.3 is 9.90 Å². The van der Waals surface area contributed by atoms with E-state index in [1.54, 1.807) is 42.5 Å². The molecule has 1 saturated heterocycles. The van der Waals surface area contributed by atoms with Crippen LogP contribution in [0.15, 0.2) is 77.7 Å². The summed E-state index contributed by atoms with van der Waals surface area (Å²) in [5, 5.41) is 11.7. The van der Waals surface area contributed by atoms with Crippen molar-refractivity contribution >= 4 is 46.3 Å². The summed E-state index contributed by atoms with van der Waals surface area (Å²) in [7, 11) is 0. The van der Waals surface area contributed by atoms with E-state index in [2.05, 4.69) is 0 Å². The minimum Gasteiger partial charge on any atom is -0.547 e. The van der Waals surface area contributed by atoms with E-state index < -0.39 is 17.9 Å². The summed E-state index contributed by atoms with van der Waals surface area (Å²) < 4.78 is 0.201. The van der Waals surface area contributed by atoms with Gasteiger partial charge in [-0.2, -0.15) is 0 Å². The Bertz CT molecular complexity index is 892. The molecule has 1 fully saturated rings. The zero-order valence-corrected chi connectivity index (χ0v) is 15.2. The number of thiocarbonyl (C=S) groups is 1. The molecule has 1 atom stereocenters. The predicted octanol–water partition coefficient (Wildman–Crippen LogP) is 2.94. The standard InChI is InChI=1S/C20H15NO3S2/c22-18-16(13-7-10-14-8-3-1-4-9-14)26-20(25)21(18)17(19(23)24)15-11-5-2-6-12-15/h1-13,17H,(H,23,24)/p-1/t17-/m0/s1. The Hall–Kier alpha value is -2.70. The molecule has 130 valence electrons. The number of hydrogen-bond acceptors (Lipinski definition) is 5. The van der Waals surface area contributed by atoms with Crippen LogP contribution >= 0.6 is 24.0 Å². The number of hydrogen-bond donors (Lipinski definition) is 0. The average molecular weight is 380 g/mol. The van der Waals surface area contributed by atoms with Gasteiger partial charge in [0.05, 0.1) is 10.9 Å². The number of nitrogens with zero attached hydrogens (tertiary/aromatic N) is 1. The van der Waals surface area contributed by atoms with E-state index in [0.29, 0.717) is 10.5 Å². The summed E-state index contributed by atoms with van der Waals surface area (Å²) in [5.74, 6) is -1.80.